The lowest BCUT2D eigenvalue weighted by Gasteiger charge is -2.10. The first kappa shape index (κ1) is 16.3. The number of ether oxygens (including phenoxy) is 1. The van der Waals surface area contributed by atoms with Crippen LogP contribution in [-0.4, -0.2) is 23.2 Å². The molecule has 0 saturated carbocycles. The summed E-state index contributed by atoms with van der Waals surface area (Å²) in [6.07, 6.45) is 1.78. The molecule has 132 valence electrons. The van der Waals surface area contributed by atoms with Crippen molar-refractivity contribution < 1.29 is 14.1 Å². The molecule has 1 aromatic heterocycles. The maximum absolute atomic E-state index is 12.5. The fourth-order valence-corrected chi connectivity index (χ4v) is 3.30. The second-order valence-electron chi connectivity index (χ2n) is 6.25. The second kappa shape index (κ2) is 7.00. The predicted octanol–water partition coefficient (Wildman–Crippen LogP) is 3.09. The first-order valence-electron chi connectivity index (χ1n) is 8.57. The number of nitrogens with one attached hydrogen (secondary N) is 1. The number of hydrogen-bond acceptors (Lipinski definition) is 5. The lowest BCUT2D eigenvalue weighted by Crippen LogP contribution is -2.28. The van der Waals surface area contributed by atoms with Gasteiger partial charge in [0.1, 0.15) is 5.75 Å². The van der Waals surface area contributed by atoms with Crippen LogP contribution in [0.4, 0.5) is 0 Å². The maximum Gasteiger partial charge on any atom is 0.257 e. The number of aryl methyl sites for hydroxylation is 1. The molecule has 0 radical (unpaired) electrons. The molecule has 6 nitrogen and oxygen atoms in total. The fraction of sp³-hybridized carbons (Fsp3) is 0.250. The Kier molecular flexibility index (Phi) is 4.39. The van der Waals surface area contributed by atoms with Crippen molar-refractivity contribution in [1.82, 2.24) is 15.5 Å². The average Bonchev–Trinajstić information content (AvgIpc) is 3.33. The van der Waals surface area contributed by atoms with Crippen LogP contribution in [0.2, 0.25) is 0 Å². The van der Waals surface area contributed by atoms with Gasteiger partial charge in [0.05, 0.1) is 19.6 Å². The van der Waals surface area contributed by atoms with Gasteiger partial charge in [0.25, 0.3) is 5.89 Å². The molecule has 0 bridgehead atoms. The molecule has 1 N–H and O–H groups in total. The van der Waals surface area contributed by atoms with Crippen LogP contribution in [0.3, 0.4) is 0 Å². The summed E-state index contributed by atoms with van der Waals surface area (Å²) in [5.41, 5.74) is 3.19. The Morgan fingerprint density at radius 1 is 1.23 bits per heavy atom. The van der Waals surface area contributed by atoms with Crippen LogP contribution in [0.1, 0.15) is 29.3 Å². The zero-order valence-electron chi connectivity index (χ0n) is 14.4. The van der Waals surface area contributed by atoms with Gasteiger partial charge in [0.2, 0.25) is 5.91 Å². The summed E-state index contributed by atoms with van der Waals surface area (Å²) >= 11 is 0. The Labute approximate surface area is 151 Å². The molecule has 1 atom stereocenters. The van der Waals surface area contributed by atoms with Crippen molar-refractivity contribution in [3.05, 3.63) is 65.5 Å². The van der Waals surface area contributed by atoms with E-state index in [9.17, 15) is 4.79 Å². The van der Waals surface area contributed by atoms with Crippen LogP contribution in [0.5, 0.6) is 5.75 Å². The zero-order valence-corrected chi connectivity index (χ0v) is 14.4. The highest BCUT2D eigenvalue weighted by Gasteiger charge is 2.28. The van der Waals surface area contributed by atoms with Crippen molar-refractivity contribution in [2.75, 3.05) is 7.11 Å². The van der Waals surface area contributed by atoms with E-state index in [1.54, 1.807) is 7.11 Å². The van der Waals surface area contributed by atoms with Gasteiger partial charge in [-0.3, -0.25) is 4.79 Å². The summed E-state index contributed by atoms with van der Waals surface area (Å²) in [4.78, 5) is 16.9. The van der Waals surface area contributed by atoms with Crippen LogP contribution in [0, 0.1) is 0 Å². The number of nitrogens with zero attached hydrogens (tertiary/aromatic N) is 2. The van der Waals surface area contributed by atoms with E-state index < -0.39 is 0 Å². The van der Waals surface area contributed by atoms with Crippen molar-refractivity contribution >= 4 is 5.91 Å². The van der Waals surface area contributed by atoms with E-state index in [-0.39, 0.29) is 18.4 Å². The number of carbonyl (C=O) groups is 1. The number of fused-ring (bicyclic) bond motifs is 1. The summed E-state index contributed by atoms with van der Waals surface area (Å²) in [7, 11) is 1.62. The third-order valence-corrected chi connectivity index (χ3v) is 4.68. The first-order chi connectivity index (χ1) is 12.7. The van der Waals surface area contributed by atoms with E-state index in [0.29, 0.717) is 11.7 Å². The SMILES string of the molecule is COc1ccc(-c2nc(CNC(=O)C3CCc4ccccc43)no2)cc1. The summed E-state index contributed by atoms with van der Waals surface area (Å²) in [5.74, 6) is 1.54. The second-order valence-corrected chi connectivity index (χ2v) is 6.25. The highest BCUT2D eigenvalue weighted by atomic mass is 16.5. The minimum atomic E-state index is -0.0980. The van der Waals surface area contributed by atoms with Crippen LogP contribution in [0.25, 0.3) is 11.5 Å². The molecular weight excluding hydrogens is 330 g/mol. The third-order valence-electron chi connectivity index (χ3n) is 4.68. The number of hydrogen-bond donors (Lipinski definition) is 1. The standard InChI is InChI=1S/C20H19N3O3/c1-25-15-9-6-14(7-10-15)20-22-18(23-26-20)12-21-19(24)17-11-8-13-4-2-3-5-16(13)17/h2-7,9-10,17H,8,11-12H2,1H3,(H,21,24). The summed E-state index contributed by atoms with van der Waals surface area (Å²) in [6.45, 7) is 0.247. The molecule has 0 fully saturated rings. The maximum atomic E-state index is 12.5. The van der Waals surface area contributed by atoms with Crippen LogP contribution in [-0.2, 0) is 17.8 Å². The Bertz CT molecular complexity index is 918. The highest BCUT2D eigenvalue weighted by Crippen LogP contribution is 2.32. The monoisotopic (exact) mass is 349 g/mol. The Balaban J connectivity index is 1.39. The Hall–Kier alpha value is -3.15. The number of aromatic nitrogens is 2. The van der Waals surface area contributed by atoms with E-state index in [4.69, 9.17) is 9.26 Å². The first-order valence-corrected chi connectivity index (χ1v) is 8.57. The topological polar surface area (TPSA) is 77.2 Å². The van der Waals surface area contributed by atoms with Gasteiger partial charge in [-0.25, -0.2) is 0 Å². The molecule has 0 spiro atoms. The van der Waals surface area contributed by atoms with Gasteiger partial charge < -0.3 is 14.6 Å². The molecule has 0 saturated heterocycles. The van der Waals surface area contributed by atoms with Gasteiger partial charge in [-0.05, 0) is 48.2 Å². The van der Waals surface area contributed by atoms with Crippen LogP contribution in [0.15, 0.2) is 53.1 Å². The van der Waals surface area contributed by atoms with Gasteiger partial charge >= 0.3 is 0 Å². The Morgan fingerprint density at radius 2 is 2.04 bits per heavy atom. The molecule has 26 heavy (non-hydrogen) atoms. The summed E-state index contributed by atoms with van der Waals surface area (Å²) in [5, 5.41) is 6.87. The molecule has 1 heterocycles. The number of methoxy groups -OCH3 is 1. The zero-order chi connectivity index (χ0) is 17.9. The molecular formula is C20H19N3O3. The highest BCUT2D eigenvalue weighted by molar-refractivity contribution is 5.84. The van der Waals surface area contributed by atoms with Gasteiger partial charge in [-0.1, -0.05) is 29.4 Å². The smallest absolute Gasteiger partial charge is 0.257 e. The molecule has 1 aliphatic rings. The van der Waals surface area contributed by atoms with Gasteiger partial charge in [0, 0.05) is 5.56 Å². The summed E-state index contributed by atoms with van der Waals surface area (Å²) < 4.78 is 10.4. The lowest BCUT2D eigenvalue weighted by molar-refractivity contribution is -0.122. The van der Waals surface area contributed by atoms with Gasteiger partial charge in [-0.15, -0.1) is 0 Å². The quantitative estimate of drug-likeness (QED) is 0.766. The lowest BCUT2D eigenvalue weighted by atomic mass is 10.0. The number of benzene rings is 2. The third kappa shape index (κ3) is 3.18. The van der Waals surface area contributed by atoms with Crippen LogP contribution >= 0.6 is 0 Å². The van der Waals surface area contributed by atoms with E-state index in [0.717, 1.165) is 29.7 Å². The molecule has 1 aliphatic carbocycles. The molecule has 1 amide bonds. The van der Waals surface area contributed by atoms with Crippen molar-refractivity contribution in [2.24, 2.45) is 0 Å². The summed E-state index contributed by atoms with van der Waals surface area (Å²) in [6, 6.07) is 15.5. The number of carbonyl (C=O) groups excluding carboxylic acids is 1. The predicted molar refractivity (Wildman–Crippen MR) is 95.6 cm³/mol. The van der Waals surface area contributed by atoms with Gasteiger partial charge in [-0.2, -0.15) is 4.98 Å². The number of rotatable bonds is 5. The molecule has 6 heteroatoms. The van der Waals surface area contributed by atoms with Crippen molar-refractivity contribution in [3.63, 3.8) is 0 Å². The minimum absolute atomic E-state index is 0.00532. The number of amides is 1. The molecule has 1 unspecified atom stereocenters. The van der Waals surface area contributed by atoms with E-state index >= 15 is 0 Å². The fourth-order valence-electron chi connectivity index (χ4n) is 3.30. The van der Waals surface area contributed by atoms with Crippen molar-refractivity contribution in [2.45, 2.75) is 25.3 Å². The van der Waals surface area contributed by atoms with Crippen molar-refractivity contribution in [1.29, 1.82) is 0 Å². The molecule has 4 rings (SSSR count). The molecule has 0 aliphatic heterocycles. The van der Waals surface area contributed by atoms with E-state index in [2.05, 4.69) is 21.5 Å². The average molecular weight is 349 g/mol. The van der Waals surface area contributed by atoms with Crippen molar-refractivity contribution in [3.8, 4) is 17.2 Å². The van der Waals surface area contributed by atoms with Crippen LogP contribution < -0.4 is 10.1 Å². The largest absolute Gasteiger partial charge is 0.497 e. The normalized spacial score (nSPS) is 15.5. The minimum Gasteiger partial charge on any atom is -0.497 e. The van der Waals surface area contributed by atoms with E-state index in [1.165, 1.54) is 5.56 Å². The molecule has 3 aromatic rings. The molecule has 2 aromatic carbocycles. The Morgan fingerprint density at radius 3 is 2.85 bits per heavy atom. The van der Waals surface area contributed by atoms with E-state index in [1.807, 2.05) is 42.5 Å². The van der Waals surface area contributed by atoms with Gasteiger partial charge in [0.15, 0.2) is 5.82 Å².